The molecule has 1 fully saturated rings. The Kier molecular flexibility index (Phi) is 5.43. The van der Waals surface area contributed by atoms with Crippen LogP contribution in [0.25, 0.3) is 11.8 Å². The molecule has 0 N–H and O–H groups in total. The van der Waals surface area contributed by atoms with Gasteiger partial charge in [-0.3, -0.25) is 9.69 Å². The van der Waals surface area contributed by atoms with Gasteiger partial charge >= 0.3 is 0 Å². The van der Waals surface area contributed by atoms with Gasteiger partial charge in [-0.05, 0) is 55.7 Å². The third kappa shape index (κ3) is 3.80. The van der Waals surface area contributed by atoms with E-state index in [0.717, 1.165) is 22.5 Å². The Balaban J connectivity index is 1.65. The Morgan fingerprint density at radius 1 is 1.00 bits per heavy atom. The standard InChI is InChI=1S/C24H22N2OS2/c1-16-9-7-8-12-21(16)26-17(2)13-20(18(26)3)14-22-23(27)25(24(28)29-22)15-19-10-5-4-6-11-19/h4-14H,15H2,1-3H3/b22-14-. The molecule has 29 heavy (non-hydrogen) atoms. The summed E-state index contributed by atoms with van der Waals surface area (Å²) in [5.41, 5.74) is 6.76. The van der Waals surface area contributed by atoms with Gasteiger partial charge in [-0.2, -0.15) is 0 Å². The second-order valence-electron chi connectivity index (χ2n) is 7.20. The second kappa shape index (κ2) is 8.01. The normalized spacial score (nSPS) is 15.6. The zero-order valence-electron chi connectivity index (χ0n) is 16.7. The van der Waals surface area contributed by atoms with Crippen molar-refractivity contribution in [1.29, 1.82) is 0 Å². The van der Waals surface area contributed by atoms with E-state index in [1.807, 2.05) is 42.5 Å². The van der Waals surface area contributed by atoms with Crippen molar-refractivity contribution in [2.75, 3.05) is 0 Å². The molecule has 1 aliphatic heterocycles. The van der Waals surface area contributed by atoms with Crippen LogP contribution in [0.2, 0.25) is 0 Å². The van der Waals surface area contributed by atoms with Crippen molar-refractivity contribution in [2.45, 2.75) is 27.3 Å². The third-order valence-electron chi connectivity index (χ3n) is 5.17. The minimum atomic E-state index is -0.0236. The number of hydrogen-bond donors (Lipinski definition) is 0. The molecule has 0 spiro atoms. The number of carbonyl (C=O) groups excluding carboxylic acids is 1. The number of aromatic nitrogens is 1. The Morgan fingerprint density at radius 3 is 2.41 bits per heavy atom. The van der Waals surface area contributed by atoms with Crippen LogP contribution in [0, 0.1) is 20.8 Å². The van der Waals surface area contributed by atoms with Gasteiger partial charge in [-0.15, -0.1) is 0 Å². The summed E-state index contributed by atoms with van der Waals surface area (Å²) in [7, 11) is 0. The fourth-order valence-electron chi connectivity index (χ4n) is 3.66. The molecule has 3 nitrogen and oxygen atoms in total. The van der Waals surface area contributed by atoms with Gasteiger partial charge in [-0.25, -0.2) is 0 Å². The molecule has 0 aliphatic carbocycles. The van der Waals surface area contributed by atoms with Crippen molar-refractivity contribution in [1.82, 2.24) is 9.47 Å². The molecular formula is C24H22N2OS2. The lowest BCUT2D eigenvalue weighted by Gasteiger charge is -2.14. The van der Waals surface area contributed by atoms with E-state index in [1.165, 1.54) is 23.0 Å². The lowest BCUT2D eigenvalue weighted by Crippen LogP contribution is -2.27. The highest BCUT2D eigenvalue weighted by Gasteiger charge is 2.32. The average Bonchev–Trinajstić information content (AvgIpc) is 3.13. The maximum atomic E-state index is 13.0. The van der Waals surface area contributed by atoms with Gasteiger partial charge in [0.15, 0.2) is 0 Å². The van der Waals surface area contributed by atoms with Crippen molar-refractivity contribution in [3.8, 4) is 5.69 Å². The minimum absolute atomic E-state index is 0.0236. The minimum Gasteiger partial charge on any atom is -0.318 e. The zero-order chi connectivity index (χ0) is 20.5. The molecule has 0 saturated carbocycles. The number of rotatable bonds is 4. The first-order chi connectivity index (χ1) is 14.0. The third-order valence-corrected chi connectivity index (χ3v) is 6.55. The summed E-state index contributed by atoms with van der Waals surface area (Å²) < 4.78 is 2.85. The van der Waals surface area contributed by atoms with E-state index in [0.29, 0.717) is 15.8 Å². The summed E-state index contributed by atoms with van der Waals surface area (Å²) >= 11 is 6.87. The largest absolute Gasteiger partial charge is 0.318 e. The molecular weight excluding hydrogens is 396 g/mol. The van der Waals surface area contributed by atoms with E-state index in [4.69, 9.17) is 12.2 Å². The van der Waals surface area contributed by atoms with Gasteiger partial charge in [0, 0.05) is 17.1 Å². The van der Waals surface area contributed by atoms with Crippen LogP contribution in [0.3, 0.4) is 0 Å². The fourth-order valence-corrected chi connectivity index (χ4v) is 4.91. The number of thioether (sulfide) groups is 1. The molecule has 1 aromatic heterocycles. The van der Waals surface area contributed by atoms with Gasteiger partial charge < -0.3 is 4.57 Å². The maximum Gasteiger partial charge on any atom is 0.266 e. The lowest BCUT2D eigenvalue weighted by atomic mass is 10.2. The first-order valence-corrected chi connectivity index (χ1v) is 10.7. The lowest BCUT2D eigenvalue weighted by molar-refractivity contribution is -0.122. The van der Waals surface area contributed by atoms with Crippen LogP contribution in [-0.2, 0) is 11.3 Å². The predicted molar refractivity (Wildman–Crippen MR) is 125 cm³/mol. The van der Waals surface area contributed by atoms with Crippen LogP contribution < -0.4 is 0 Å². The van der Waals surface area contributed by atoms with E-state index < -0.39 is 0 Å². The smallest absolute Gasteiger partial charge is 0.266 e. The van der Waals surface area contributed by atoms with Gasteiger partial charge in [0.1, 0.15) is 4.32 Å². The molecule has 2 heterocycles. The van der Waals surface area contributed by atoms with E-state index in [-0.39, 0.29) is 5.91 Å². The summed E-state index contributed by atoms with van der Waals surface area (Å²) in [6.07, 6.45) is 1.97. The molecule has 1 saturated heterocycles. The van der Waals surface area contributed by atoms with Crippen molar-refractivity contribution in [2.24, 2.45) is 0 Å². The molecule has 1 amide bonds. The predicted octanol–water partition coefficient (Wildman–Crippen LogP) is 5.80. The van der Waals surface area contributed by atoms with Crippen molar-refractivity contribution in [3.63, 3.8) is 0 Å². The number of aryl methyl sites for hydroxylation is 2. The molecule has 146 valence electrons. The van der Waals surface area contributed by atoms with Crippen LogP contribution in [0.1, 0.15) is 28.1 Å². The quantitative estimate of drug-likeness (QED) is 0.395. The Labute approximate surface area is 181 Å². The fraction of sp³-hybridized carbons (Fsp3) is 0.167. The SMILES string of the molecule is Cc1ccccc1-n1c(C)cc(/C=C2\SC(=S)N(Cc3ccccc3)C2=O)c1C. The van der Waals surface area contributed by atoms with Crippen LogP contribution in [-0.4, -0.2) is 19.7 Å². The summed E-state index contributed by atoms with van der Waals surface area (Å²) in [5, 5.41) is 0. The molecule has 0 bridgehead atoms. The number of benzene rings is 2. The van der Waals surface area contributed by atoms with Crippen molar-refractivity contribution < 1.29 is 4.79 Å². The molecule has 3 aromatic rings. The molecule has 2 aromatic carbocycles. The Hall–Kier alpha value is -2.63. The van der Waals surface area contributed by atoms with Crippen molar-refractivity contribution in [3.05, 3.63) is 93.6 Å². The first kappa shape index (κ1) is 19.7. The highest BCUT2D eigenvalue weighted by Crippen LogP contribution is 2.35. The van der Waals surface area contributed by atoms with Gasteiger partial charge in [0.2, 0.25) is 0 Å². The van der Waals surface area contributed by atoms with Gasteiger partial charge in [-0.1, -0.05) is 72.5 Å². The molecule has 0 radical (unpaired) electrons. The number of nitrogens with zero attached hydrogens (tertiary/aromatic N) is 2. The number of para-hydroxylation sites is 1. The van der Waals surface area contributed by atoms with Gasteiger partial charge in [0.25, 0.3) is 5.91 Å². The zero-order valence-corrected chi connectivity index (χ0v) is 18.3. The van der Waals surface area contributed by atoms with E-state index in [1.54, 1.807) is 4.90 Å². The average molecular weight is 419 g/mol. The Morgan fingerprint density at radius 2 is 1.69 bits per heavy atom. The van der Waals surface area contributed by atoms with E-state index in [9.17, 15) is 4.79 Å². The highest BCUT2D eigenvalue weighted by atomic mass is 32.2. The molecule has 0 atom stereocenters. The number of thiocarbonyl (C=S) groups is 1. The van der Waals surface area contributed by atoms with Gasteiger partial charge in [0.05, 0.1) is 11.4 Å². The van der Waals surface area contributed by atoms with Crippen molar-refractivity contribution >= 4 is 40.3 Å². The van der Waals surface area contributed by atoms with Crippen LogP contribution in [0.15, 0.2) is 65.6 Å². The molecule has 1 aliphatic rings. The maximum absolute atomic E-state index is 13.0. The summed E-state index contributed by atoms with van der Waals surface area (Å²) in [6.45, 7) is 6.81. The Bertz CT molecular complexity index is 1130. The van der Waals surface area contributed by atoms with E-state index in [2.05, 4.69) is 49.6 Å². The van der Waals surface area contributed by atoms with Crippen LogP contribution >= 0.6 is 24.0 Å². The monoisotopic (exact) mass is 418 g/mol. The van der Waals surface area contributed by atoms with Crippen LogP contribution in [0.5, 0.6) is 0 Å². The number of amides is 1. The summed E-state index contributed by atoms with van der Waals surface area (Å²) in [4.78, 5) is 15.4. The number of hydrogen-bond acceptors (Lipinski definition) is 3. The topological polar surface area (TPSA) is 25.2 Å². The summed E-state index contributed by atoms with van der Waals surface area (Å²) in [5.74, 6) is -0.0236. The van der Waals surface area contributed by atoms with Crippen LogP contribution in [0.4, 0.5) is 0 Å². The highest BCUT2D eigenvalue weighted by molar-refractivity contribution is 8.26. The first-order valence-electron chi connectivity index (χ1n) is 9.50. The number of carbonyl (C=O) groups is 1. The summed E-state index contributed by atoms with van der Waals surface area (Å²) in [6, 6.07) is 20.4. The molecule has 5 heteroatoms. The molecule has 0 unspecified atom stereocenters. The van der Waals surface area contributed by atoms with E-state index >= 15 is 0 Å². The molecule has 4 rings (SSSR count). The second-order valence-corrected chi connectivity index (χ2v) is 8.88.